The minimum absolute atomic E-state index is 0.0623. The van der Waals surface area contributed by atoms with Gasteiger partial charge in [0.15, 0.2) is 6.61 Å². The molecule has 2 aromatic rings. The van der Waals surface area contributed by atoms with E-state index in [0.717, 1.165) is 12.8 Å². The molecule has 2 aromatic carbocycles. The van der Waals surface area contributed by atoms with E-state index in [9.17, 15) is 9.59 Å². The molecule has 1 amide bonds. The minimum Gasteiger partial charge on any atom is -0.484 e. The highest BCUT2D eigenvalue weighted by Gasteiger charge is 2.09. The van der Waals surface area contributed by atoms with Crippen LogP contribution >= 0.6 is 0 Å². The first-order valence-corrected chi connectivity index (χ1v) is 8.23. The summed E-state index contributed by atoms with van der Waals surface area (Å²) in [4.78, 5) is 23.3. The normalized spacial score (nSPS) is 11.4. The van der Waals surface area contributed by atoms with Crippen molar-refractivity contribution in [2.24, 2.45) is 0 Å². The second-order valence-corrected chi connectivity index (χ2v) is 5.80. The van der Waals surface area contributed by atoms with Crippen molar-refractivity contribution in [3.8, 4) is 5.75 Å². The molecule has 0 heterocycles. The summed E-state index contributed by atoms with van der Waals surface area (Å²) in [5.74, 6) is -0.0473. The van der Waals surface area contributed by atoms with Gasteiger partial charge >= 0.3 is 5.97 Å². The van der Waals surface area contributed by atoms with Crippen LogP contribution in [-0.2, 0) is 16.0 Å². The van der Waals surface area contributed by atoms with E-state index in [0.29, 0.717) is 11.3 Å². The largest absolute Gasteiger partial charge is 0.484 e. The average molecular weight is 341 g/mol. The number of amides is 1. The summed E-state index contributed by atoms with van der Waals surface area (Å²) >= 11 is 0. The summed E-state index contributed by atoms with van der Waals surface area (Å²) in [6, 6.07) is 16.7. The first-order valence-electron chi connectivity index (χ1n) is 8.23. The molecule has 0 aliphatic heterocycles. The maximum absolute atomic E-state index is 11.9. The van der Waals surface area contributed by atoms with Gasteiger partial charge in [0, 0.05) is 6.04 Å². The van der Waals surface area contributed by atoms with E-state index in [2.05, 4.69) is 22.2 Å². The molecule has 5 heteroatoms. The van der Waals surface area contributed by atoms with Crippen LogP contribution < -0.4 is 10.1 Å². The van der Waals surface area contributed by atoms with Gasteiger partial charge in [0.05, 0.1) is 12.7 Å². The van der Waals surface area contributed by atoms with Gasteiger partial charge in [-0.05, 0) is 49.6 Å². The molecule has 0 aliphatic carbocycles. The molecule has 0 fully saturated rings. The van der Waals surface area contributed by atoms with Crippen LogP contribution in [0.15, 0.2) is 54.6 Å². The molecule has 1 atom stereocenters. The molecule has 5 nitrogen and oxygen atoms in total. The van der Waals surface area contributed by atoms with Crippen molar-refractivity contribution in [2.45, 2.75) is 25.8 Å². The lowest BCUT2D eigenvalue weighted by molar-refractivity contribution is -0.123. The first-order chi connectivity index (χ1) is 12.1. The Morgan fingerprint density at radius 1 is 1.04 bits per heavy atom. The van der Waals surface area contributed by atoms with Crippen LogP contribution in [0.2, 0.25) is 0 Å². The van der Waals surface area contributed by atoms with E-state index in [-0.39, 0.29) is 18.6 Å². The number of nitrogens with one attached hydrogen (secondary N) is 1. The van der Waals surface area contributed by atoms with Gasteiger partial charge in [-0.15, -0.1) is 0 Å². The van der Waals surface area contributed by atoms with E-state index in [1.807, 2.05) is 25.1 Å². The third kappa shape index (κ3) is 6.30. The van der Waals surface area contributed by atoms with Crippen LogP contribution in [0.5, 0.6) is 5.75 Å². The molecule has 0 bridgehead atoms. The molecule has 0 spiro atoms. The van der Waals surface area contributed by atoms with E-state index in [1.54, 1.807) is 24.3 Å². The Labute approximate surface area is 148 Å². The Hall–Kier alpha value is -2.82. The molecule has 132 valence electrons. The lowest BCUT2D eigenvalue weighted by atomic mass is 10.1. The smallest absolute Gasteiger partial charge is 0.337 e. The van der Waals surface area contributed by atoms with Crippen LogP contribution in [0.4, 0.5) is 0 Å². The standard InChI is InChI=1S/C20H23NO4/c1-15(8-9-16-6-4-3-5-7-16)21-19(22)14-25-18-12-10-17(11-13-18)20(23)24-2/h3-7,10-13,15H,8-9,14H2,1-2H3,(H,21,22). The summed E-state index contributed by atoms with van der Waals surface area (Å²) in [6.45, 7) is 1.92. The number of benzene rings is 2. The monoisotopic (exact) mass is 341 g/mol. The van der Waals surface area contributed by atoms with Crippen LogP contribution in [0.1, 0.15) is 29.3 Å². The van der Waals surface area contributed by atoms with Gasteiger partial charge in [-0.1, -0.05) is 30.3 Å². The predicted octanol–water partition coefficient (Wildman–Crippen LogP) is 2.99. The van der Waals surface area contributed by atoms with E-state index >= 15 is 0 Å². The molecular formula is C20H23NO4. The lowest BCUT2D eigenvalue weighted by Crippen LogP contribution is -2.36. The van der Waals surface area contributed by atoms with Crippen LogP contribution in [-0.4, -0.2) is 31.6 Å². The van der Waals surface area contributed by atoms with Gasteiger partial charge in [0.25, 0.3) is 5.91 Å². The molecule has 1 unspecified atom stereocenters. The molecule has 0 saturated heterocycles. The number of ether oxygens (including phenoxy) is 2. The third-order valence-electron chi connectivity index (χ3n) is 3.76. The first kappa shape index (κ1) is 18.5. The highest BCUT2D eigenvalue weighted by molar-refractivity contribution is 5.89. The van der Waals surface area contributed by atoms with Crippen molar-refractivity contribution in [2.75, 3.05) is 13.7 Å². The number of rotatable bonds is 8. The Morgan fingerprint density at radius 2 is 1.72 bits per heavy atom. The van der Waals surface area contributed by atoms with Gasteiger partial charge in [0.1, 0.15) is 5.75 Å². The van der Waals surface area contributed by atoms with Crippen molar-refractivity contribution in [3.63, 3.8) is 0 Å². The number of carbonyl (C=O) groups is 2. The highest BCUT2D eigenvalue weighted by Crippen LogP contribution is 2.12. The molecule has 25 heavy (non-hydrogen) atoms. The second-order valence-electron chi connectivity index (χ2n) is 5.80. The fourth-order valence-corrected chi connectivity index (χ4v) is 2.37. The van der Waals surface area contributed by atoms with E-state index in [1.165, 1.54) is 12.7 Å². The number of hydrogen-bond acceptors (Lipinski definition) is 4. The molecule has 0 radical (unpaired) electrons. The van der Waals surface area contributed by atoms with Gasteiger partial charge < -0.3 is 14.8 Å². The average Bonchev–Trinajstić information content (AvgIpc) is 2.65. The zero-order valence-corrected chi connectivity index (χ0v) is 14.5. The molecule has 0 aliphatic rings. The Kier molecular flexibility index (Phi) is 7.01. The van der Waals surface area contributed by atoms with Crippen molar-refractivity contribution in [1.82, 2.24) is 5.32 Å². The molecule has 0 saturated carbocycles. The van der Waals surface area contributed by atoms with Crippen molar-refractivity contribution in [1.29, 1.82) is 0 Å². The number of carbonyl (C=O) groups excluding carboxylic acids is 2. The van der Waals surface area contributed by atoms with Crippen molar-refractivity contribution < 1.29 is 19.1 Å². The fraction of sp³-hybridized carbons (Fsp3) is 0.300. The van der Waals surface area contributed by atoms with Gasteiger partial charge in [-0.3, -0.25) is 4.79 Å². The Balaban J connectivity index is 1.71. The Morgan fingerprint density at radius 3 is 2.36 bits per heavy atom. The second kappa shape index (κ2) is 9.47. The topological polar surface area (TPSA) is 64.6 Å². The summed E-state index contributed by atoms with van der Waals surface area (Å²) in [5.41, 5.74) is 1.69. The zero-order chi connectivity index (χ0) is 18.1. The molecule has 2 rings (SSSR count). The van der Waals surface area contributed by atoms with Crippen LogP contribution in [0, 0.1) is 0 Å². The third-order valence-corrected chi connectivity index (χ3v) is 3.76. The lowest BCUT2D eigenvalue weighted by Gasteiger charge is -2.14. The summed E-state index contributed by atoms with van der Waals surface area (Å²) < 4.78 is 10.1. The zero-order valence-electron chi connectivity index (χ0n) is 14.5. The summed E-state index contributed by atoms with van der Waals surface area (Å²) in [6.07, 6.45) is 1.78. The molecule has 1 N–H and O–H groups in total. The molecule has 0 aromatic heterocycles. The van der Waals surface area contributed by atoms with Crippen molar-refractivity contribution in [3.05, 3.63) is 65.7 Å². The fourth-order valence-electron chi connectivity index (χ4n) is 2.37. The number of esters is 1. The predicted molar refractivity (Wildman–Crippen MR) is 95.6 cm³/mol. The highest BCUT2D eigenvalue weighted by atomic mass is 16.5. The quantitative estimate of drug-likeness (QED) is 0.750. The van der Waals surface area contributed by atoms with E-state index < -0.39 is 5.97 Å². The summed E-state index contributed by atoms with van der Waals surface area (Å²) in [5, 5.41) is 2.92. The summed E-state index contributed by atoms with van der Waals surface area (Å²) in [7, 11) is 1.33. The maximum Gasteiger partial charge on any atom is 0.337 e. The van der Waals surface area contributed by atoms with Crippen LogP contribution in [0.25, 0.3) is 0 Å². The minimum atomic E-state index is -0.406. The van der Waals surface area contributed by atoms with E-state index in [4.69, 9.17) is 4.74 Å². The van der Waals surface area contributed by atoms with Crippen LogP contribution in [0.3, 0.4) is 0 Å². The van der Waals surface area contributed by atoms with Crippen molar-refractivity contribution >= 4 is 11.9 Å². The molecular weight excluding hydrogens is 318 g/mol. The maximum atomic E-state index is 11.9. The number of methoxy groups -OCH3 is 1. The number of hydrogen-bond donors (Lipinski definition) is 1. The Bertz CT molecular complexity index is 683. The van der Waals surface area contributed by atoms with Gasteiger partial charge in [-0.25, -0.2) is 4.79 Å². The number of aryl methyl sites for hydroxylation is 1. The van der Waals surface area contributed by atoms with Gasteiger partial charge in [0.2, 0.25) is 0 Å². The van der Waals surface area contributed by atoms with Gasteiger partial charge in [-0.2, -0.15) is 0 Å². The SMILES string of the molecule is COC(=O)c1ccc(OCC(=O)NC(C)CCc2ccccc2)cc1.